The predicted molar refractivity (Wildman–Crippen MR) is 90.2 cm³/mol. The third-order valence-corrected chi connectivity index (χ3v) is 8.63. The maximum atomic E-state index is 6.38. The Balaban J connectivity index is 2.20. The number of aliphatic imine (C=N–C) groups is 1. The smallest absolute Gasteiger partial charge is 0.250 e. The second-order valence-electron chi connectivity index (χ2n) is 6.87. The van der Waals surface area contributed by atoms with Crippen LogP contribution in [0.15, 0.2) is 35.3 Å². The van der Waals surface area contributed by atoms with Crippen LogP contribution in [-0.4, -0.2) is 21.1 Å². The van der Waals surface area contributed by atoms with Crippen molar-refractivity contribution >= 4 is 20.1 Å². The summed E-state index contributed by atoms with van der Waals surface area (Å²) in [6.07, 6.45) is 5.12. The molecule has 1 heterocycles. The number of benzene rings is 1. The minimum absolute atomic E-state index is 0.222. The topological polar surface area (TPSA) is 21.6 Å². The molecule has 1 aliphatic heterocycles. The zero-order valence-electron chi connectivity index (χ0n) is 13.2. The first kappa shape index (κ1) is 15.0. The highest BCUT2D eigenvalue weighted by molar-refractivity contribution is 6.74. The van der Waals surface area contributed by atoms with E-state index in [2.05, 4.69) is 69.2 Å². The molecule has 0 saturated heterocycles. The Hall–Kier alpha value is -1.35. The van der Waals surface area contributed by atoms with Crippen LogP contribution < -0.4 is 4.43 Å². The first-order valence-corrected chi connectivity index (χ1v) is 10.2. The number of dihydropyridines is 1. The molecule has 0 fully saturated rings. The largest absolute Gasteiger partial charge is 0.543 e. The molecule has 0 aromatic heterocycles. The van der Waals surface area contributed by atoms with Gasteiger partial charge in [0.1, 0.15) is 5.75 Å². The van der Waals surface area contributed by atoms with Crippen LogP contribution >= 0.6 is 0 Å². The van der Waals surface area contributed by atoms with Gasteiger partial charge in [0.15, 0.2) is 0 Å². The predicted octanol–water partition coefficient (Wildman–Crippen LogP) is 4.93. The van der Waals surface area contributed by atoms with Gasteiger partial charge in [0, 0.05) is 12.6 Å². The highest BCUT2D eigenvalue weighted by Gasteiger charge is 2.38. The van der Waals surface area contributed by atoms with Gasteiger partial charge in [-0.1, -0.05) is 39.0 Å². The molecule has 1 aromatic carbocycles. The Bertz CT molecular complexity index is 538. The van der Waals surface area contributed by atoms with Crippen molar-refractivity contribution in [2.45, 2.75) is 45.3 Å². The van der Waals surface area contributed by atoms with Crippen molar-refractivity contribution < 1.29 is 4.43 Å². The molecule has 108 valence electrons. The normalized spacial score (nSPS) is 15.9. The van der Waals surface area contributed by atoms with E-state index in [-0.39, 0.29) is 5.04 Å². The highest BCUT2D eigenvalue weighted by Crippen LogP contribution is 2.37. The summed E-state index contributed by atoms with van der Waals surface area (Å²) in [4.78, 5) is 4.24. The van der Waals surface area contributed by atoms with Gasteiger partial charge in [-0.05, 0) is 41.4 Å². The van der Waals surface area contributed by atoms with E-state index in [1.807, 2.05) is 6.21 Å². The molecule has 0 spiro atoms. The van der Waals surface area contributed by atoms with E-state index in [0.717, 1.165) is 18.7 Å². The van der Waals surface area contributed by atoms with Crippen molar-refractivity contribution in [3.05, 3.63) is 35.9 Å². The van der Waals surface area contributed by atoms with Gasteiger partial charge < -0.3 is 4.43 Å². The number of hydrogen-bond donors (Lipinski definition) is 0. The van der Waals surface area contributed by atoms with Crippen LogP contribution in [0.2, 0.25) is 18.1 Å². The lowest BCUT2D eigenvalue weighted by Gasteiger charge is -2.36. The quantitative estimate of drug-likeness (QED) is 0.722. The molecule has 2 rings (SSSR count). The molecule has 0 atom stereocenters. The molecule has 1 aliphatic rings. The van der Waals surface area contributed by atoms with Gasteiger partial charge in [0.25, 0.3) is 0 Å². The summed E-state index contributed by atoms with van der Waals surface area (Å²) in [6, 6.07) is 8.49. The molecule has 2 nitrogen and oxygen atoms in total. The van der Waals surface area contributed by atoms with Crippen molar-refractivity contribution in [2.75, 3.05) is 6.54 Å². The summed E-state index contributed by atoms with van der Waals surface area (Å²) in [6.45, 7) is 12.2. The molecule has 0 amide bonds. The Morgan fingerprint density at radius 1 is 1.20 bits per heavy atom. The van der Waals surface area contributed by atoms with E-state index < -0.39 is 8.32 Å². The van der Waals surface area contributed by atoms with Crippen molar-refractivity contribution in [1.82, 2.24) is 0 Å². The molecule has 20 heavy (non-hydrogen) atoms. The number of nitrogens with zero attached hydrogens (tertiary/aromatic N) is 1. The molecule has 0 unspecified atom stereocenters. The van der Waals surface area contributed by atoms with Crippen molar-refractivity contribution in [1.29, 1.82) is 0 Å². The Morgan fingerprint density at radius 2 is 1.95 bits per heavy atom. The maximum Gasteiger partial charge on any atom is 0.250 e. The fourth-order valence-electron chi connectivity index (χ4n) is 1.93. The molecule has 1 aromatic rings. The standard InChI is InChI=1S/C17H25NOSi/c1-17(2,3)20(4,5)19-16-8-6-7-15(13-16)14-9-11-18-12-10-14/h6-9,12-13H,10-11H2,1-5H3. The summed E-state index contributed by atoms with van der Waals surface area (Å²) in [5.74, 6) is 0.998. The van der Waals surface area contributed by atoms with Crippen LogP contribution in [0, 0.1) is 0 Å². The zero-order valence-corrected chi connectivity index (χ0v) is 14.2. The van der Waals surface area contributed by atoms with Gasteiger partial charge in [-0.15, -0.1) is 0 Å². The van der Waals surface area contributed by atoms with Crippen LogP contribution in [0.5, 0.6) is 5.75 Å². The molecule has 0 N–H and O–H groups in total. The van der Waals surface area contributed by atoms with Gasteiger partial charge in [-0.25, -0.2) is 0 Å². The fourth-order valence-corrected chi connectivity index (χ4v) is 2.95. The lowest BCUT2D eigenvalue weighted by atomic mass is 10.0. The highest BCUT2D eigenvalue weighted by atomic mass is 28.4. The molecule has 0 bridgehead atoms. The van der Waals surface area contributed by atoms with E-state index in [1.54, 1.807) is 0 Å². The van der Waals surface area contributed by atoms with E-state index in [0.29, 0.717) is 0 Å². The minimum atomic E-state index is -1.76. The summed E-state index contributed by atoms with van der Waals surface area (Å²) < 4.78 is 6.38. The molecular formula is C17H25NOSi. The Morgan fingerprint density at radius 3 is 2.55 bits per heavy atom. The van der Waals surface area contributed by atoms with E-state index in [9.17, 15) is 0 Å². The second kappa shape index (κ2) is 5.56. The maximum absolute atomic E-state index is 6.38. The third kappa shape index (κ3) is 3.40. The average Bonchev–Trinajstić information content (AvgIpc) is 2.38. The Labute approximate surface area is 123 Å². The van der Waals surface area contributed by atoms with E-state index >= 15 is 0 Å². The third-order valence-electron chi connectivity index (χ3n) is 4.27. The molecule has 0 aliphatic carbocycles. The number of hydrogen-bond acceptors (Lipinski definition) is 2. The summed E-state index contributed by atoms with van der Waals surface area (Å²) in [5.41, 5.74) is 2.60. The first-order chi connectivity index (χ1) is 9.29. The van der Waals surface area contributed by atoms with Gasteiger partial charge >= 0.3 is 0 Å². The Kier molecular flexibility index (Phi) is 4.19. The van der Waals surface area contributed by atoms with Crippen molar-refractivity contribution in [2.24, 2.45) is 4.99 Å². The molecular weight excluding hydrogens is 262 g/mol. The minimum Gasteiger partial charge on any atom is -0.543 e. The lowest BCUT2D eigenvalue weighted by Crippen LogP contribution is -2.43. The molecule has 3 heteroatoms. The van der Waals surface area contributed by atoms with Crippen LogP contribution in [0.4, 0.5) is 0 Å². The van der Waals surface area contributed by atoms with E-state index in [4.69, 9.17) is 4.43 Å². The molecule has 0 radical (unpaired) electrons. The van der Waals surface area contributed by atoms with Crippen LogP contribution in [0.1, 0.15) is 32.8 Å². The monoisotopic (exact) mass is 287 g/mol. The van der Waals surface area contributed by atoms with Crippen LogP contribution in [0.3, 0.4) is 0 Å². The fraction of sp³-hybridized carbons (Fsp3) is 0.471. The van der Waals surface area contributed by atoms with Crippen molar-refractivity contribution in [3.63, 3.8) is 0 Å². The van der Waals surface area contributed by atoms with E-state index in [1.165, 1.54) is 11.1 Å². The summed E-state index contributed by atoms with van der Waals surface area (Å²) in [5, 5.41) is 0.222. The van der Waals surface area contributed by atoms with Gasteiger partial charge in [0.05, 0.1) is 6.54 Å². The van der Waals surface area contributed by atoms with Gasteiger partial charge in [-0.3, -0.25) is 4.99 Å². The summed E-state index contributed by atoms with van der Waals surface area (Å²) in [7, 11) is -1.76. The second-order valence-corrected chi connectivity index (χ2v) is 11.6. The SMILES string of the molecule is CC(C)(C)[Si](C)(C)Oc1cccc(C2=CCN=CC2)c1. The first-order valence-electron chi connectivity index (χ1n) is 7.26. The number of allylic oxidation sites excluding steroid dienone is 1. The van der Waals surface area contributed by atoms with Crippen molar-refractivity contribution in [3.8, 4) is 5.75 Å². The van der Waals surface area contributed by atoms with Gasteiger partial charge in [-0.2, -0.15) is 0 Å². The average molecular weight is 287 g/mol. The summed E-state index contributed by atoms with van der Waals surface area (Å²) >= 11 is 0. The zero-order chi connectivity index (χ0) is 14.8. The molecule has 0 saturated carbocycles. The van der Waals surface area contributed by atoms with Crippen LogP contribution in [0.25, 0.3) is 5.57 Å². The van der Waals surface area contributed by atoms with Gasteiger partial charge in [0.2, 0.25) is 8.32 Å². The van der Waals surface area contributed by atoms with Crippen LogP contribution in [-0.2, 0) is 0 Å². The lowest BCUT2D eigenvalue weighted by molar-refractivity contribution is 0.492. The number of rotatable bonds is 3.